The summed E-state index contributed by atoms with van der Waals surface area (Å²) in [6.45, 7) is 1.69. The second-order valence-electron chi connectivity index (χ2n) is 3.30. The Hall–Kier alpha value is -1.53. The maximum Gasteiger partial charge on any atom is 0.0669 e. The lowest BCUT2D eigenvalue weighted by atomic mass is 10.1. The standard InChI is InChI=1S/C12H16N2O/c1-15-10-2-9-14-12-5-3-11(4-6-12)7-8-13/h3-6,14H,2,7,9-10H2,1H3. The summed E-state index contributed by atoms with van der Waals surface area (Å²) in [7, 11) is 1.71. The fraction of sp³-hybridized carbons (Fsp3) is 0.417. The number of rotatable bonds is 6. The molecule has 3 nitrogen and oxygen atoms in total. The molecule has 0 spiro atoms. The SMILES string of the molecule is COCCCNc1ccc(CC#N)cc1. The lowest BCUT2D eigenvalue weighted by Gasteiger charge is -2.06. The normalized spacial score (nSPS) is 9.60. The van der Waals surface area contributed by atoms with Crippen molar-refractivity contribution in [1.82, 2.24) is 0 Å². The molecule has 15 heavy (non-hydrogen) atoms. The quantitative estimate of drug-likeness (QED) is 0.722. The summed E-state index contributed by atoms with van der Waals surface area (Å²) in [4.78, 5) is 0. The average molecular weight is 204 g/mol. The molecule has 0 aliphatic carbocycles. The first-order valence-corrected chi connectivity index (χ1v) is 5.05. The van der Waals surface area contributed by atoms with Crippen LogP contribution in [0.2, 0.25) is 0 Å². The van der Waals surface area contributed by atoms with E-state index >= 15 is 0 Å². The van der Waals surface area contributed by atoms with E-state index in [9.17, 15) is 0 Å². The van der Waals surface area contributed by atoms with Crippen molar-refractivity contribution < 1.29 is 4.74 Å². The second-order valence-corrected chi connectivity index (χ2v) is 3.30. The Bertz CT molecular complexity index is 313. The molecule has 0 saturated carbocycles. The van der Waals surface area contributed by atoms with Crippen molar-refractivity contribution in [2.24, 2.45) is 0 Å². The molecule has 0 aliphatic heterocycles. The Morgan fingerprint density at radius 3 is 2.67 bits per heavy atom. The zero-order valence-electron chi connectivity index (χ0n) is 8.99. The average Bonchev–Trinajstić information content (AvgIpc) is 2.27. The summed E-state index contributed by atoms with van der Waals surface area (Å²) in [6, 6.07) is 10.1. The minimum Gasteiger partial charge on any atom is -0.385 e. The Morgan fingerprint density at radius 1 is 1.33 bits per heavy atom. The number of anilines is 1. The van der Waals surface area contributed by atoms with E-state index in [0.717, 1.165) is 30.8 Å². The van der Waals surface area contributed by atoms with Gasteiger partial charge in [-0.3, -0.25) is 0 Å². The van der Waals surface area contributed by atoms with Gasteiger partial charge in [0.15, 0.2) is 0 Å². The van der Waals surface area contributed by atoms with Crippen LogP contribution in [0.25, 0.3) is 0 Å². The van der Waals surface area contributed by atoms with Crippen LogP contribution in [0.15, 0.2) is 24.3 Å². The molecule has 0 radical (unpaired) electrons. The van der Waals surface area contributed by atoms with Gasteiger partial charge in [0.05, 0.1) is 12.5 Å². The first-order chi connectivity index (χ1) is 7.36. The van der Waals surface area contributed by atoms with Crippen molar-refractivity contribution >= 4 is 5.69 Å². The van der Waals surface area contributed by atoms with Gasteiger partial charge in [0.1, 0.15) is 0 Å². The van der Waals surface area contributed by atoms with Crippen molar-refractivity contribution in [2.75, 3.05) is 25.6 Å². The minimum absolute atomic E-state index is 0.476. The third kappa shape index (κ3) is 4.48. The second kappa shape index (κ2) is 6.86. The fourth-order valence-electron chi connectivity index (χ4n) is 1.28. The molecule has 1 aromatic carbocycles. The largest absolute Gasteiger partial charge is 0.385 e. The van der Waals surface area contributed by atoms with Crippen molar-refractivity contribution in [1.29, 1.82) is 5.26 Å². The number of nitrogens with zero attached hydrogens (tertiary/aromatic N) is 1. The van der Waals surface area contributed by atoms with Gasteiger partial charge in [0, 0.05) is 25.9 Å². The van der Waals surface area contributed by atoms with E-state index in [-0.39, 0.29) is 0 Å². The van der Waals surface area contributed by atoms with Crippen LogP contribution in [-0.2, 0) is 11.2 Å². The van der Waals surface area contributed by atoms with E-state index in [4.69, 9.17) is 10.00 Å². The Morgan fingerprint density at radius 2 is 2.07 bits per heavy atom. The number of ether oxygens (including phenoxy) is 1. The lowest BCUT2D eigenvalue weighted by molar-refractivity contribution is 0.198. The van der Waals surface area contributed by atoms with Gasteiger partial charge in [0.2, 0.25) is 0 Å². The third-order valence-corrected chi connectivity index (χ3v) is 2.09. The minimum atomic E-state index is 0.476. The van der Waals surface area contributed by atoms with Crippen LogP contribution in [0.4, 0.5) is 5.69 Å². The maximum atomic E-state index is 8.51. The van der Waals surface area contributed by atoms with E-state index in [1.54, 1.807) is 7.11 Å². The van der Waals surface area contributed by atoms with E-state index in [2.05, 4.69) is 11.4 Å². The molecule has 80 valence electrons. The van der Waals surface area contributed by atoms with E-state index < -0.39 is 0 Å². The molecule has 0 fully saturated rings. The Kier molecular flexibility index (Phi) is 5.28. The van der Waals surface area contributed by atoms with E-state index in [0.29, 0.717) is 6.42 Å². The van der Waals surface area contributed by atoms with Crippen molar-refractivity contribution in [2.45, 2.75) is 12.8 Å². The summed E-state index contributed by atoms with van der Waals surface area (Å²) >= 11 is 0. The monoisotopic (exact) mass is 204 g/mol. The summed E-state index contributed by atoms with van der Waals surface area (Å²) in [5, 5.41) is 11.8. The molecule has 1 aromatic rings. The van der Waals surface area contributed by atoms with Crippen LogP contribution in [0, 0.1) is 11.3 Å². The predicted molar refractivity (Wildman–Crippen MR) is 60.7 cm³/mol. The molecule has 0 atom stereocenters. The molecule has 0 aromatic heterocycles. The molecular formula is C12H16N2O. The number of nitriles is 1. The molecule has 1 N–H and O–H groups in total. The van der Waals surface area contributed by atoms with Crippen LogP contribution in [0.5, 0.6) is 0 Å². The zero-order chi connectivity index (χ0) is 10.9. The van der Waals surface area contributed by atoms with Crippen LogP contribution in [0.3, 0.4) is 0 Å². The number of benzene rings is 1. The molecule has 0 heterocycles. The van der Waals surface area contributed by atoms with Crippen molar-refractivity contribution in [3.8, 4) is 6.07 Å². The van der Waals surface area contributed by atoms with Gasteiger partial charge in [0.25, 0.3) is 0 Å². The lowest BCUT2D eigenvalue weighted by Crippen LogP contribution is -2.04. The molecule has 3 heteroatoms. The molecule has 0 unspecified atom stereocenters. The number of nitrogens with one attached hydrogen (secondary N) is 1. The van der Waals surface area contributed by atoms with Gasteiger partial charge >= 0.3 is 0 Å². The molecule has 0 bridgehead atoms. The molecule has 0 saturated heterocycles. The molecular weight excluding hydrogens is 188 g/mol. The highest BCUT2D eigenvalue weighted by Gasteiger charge is 1.93. The molecule has 1 rings (SSSR count). The molecule has 0 amide bonds. The smallest absolute Gasteiger partial charge is 0.0669 e. The van der Waals surface area contributed by atoms with Crippen molar-refractivity contribution in [3.63, 3.8) is 0 Å². The van der Waals surface area contributed by atoms with Crippen LogP contribution in [0.1, 0.15) is 12.0 Å². The highest BCUT2D eigenvalue weighted by atomic mass is 16.5. The summed E-state index contributed by atoms with van der Waals surface area (Å²) in [6.07, 6.45) is 1.47. The number of hydrogen-bond donors (Lipinski definition) is 1. The Labute approximate surface area is 90.7 Å². The number of methoxy groups -OCH3 is 1. The van der Waals surface area contributed by atoms with Gasteiger partial charge < -0.3 is 10.1 Å². The first kappa shape index (κ1) is 11.5. The van der Waals surface area contributed by atoms with Crippen LogP contribution < -0.4 is 5.32 Å². The summed E-state index contributed by atoms with van der Waals surface area (Å²) < 4.78 is 4.95. The van der Waals surface area contributed by atoms with E-state index in [1.165, 1.54) is 0 Å². The van der Waals surface area contributed by atoms with Gasteiger partial charge in [-0.2, -0.15) is 5.26 Å². The van der Waals surface area contributed by atoms with Gasteiger partial charge in [-0.15, -0.1) is 0 Å². The van der Waals surface area contributed by atoms with E-state index in [1.807, 2.05) is 24.3 Å². The first-order valence-electron chi connectivity index (χ1n) is 5.05. The van der Waals surface area contributed by atoms with Crippen LogP contribution in [-0.4, -0.2) is 20.3 Å². The maximum absolute atomic E-state index is 8.51. The fourth-order valence-corrected chi connectivity index (χ4v) is 1.28. The van der Waals surface area contributed by atoms with Gasteiger partial charge in [-0.1, -0.05) is 12.1 Å². The van der Waals surface area contributed by atoms with Gasteiger partial charge in [-0.25, -0.2) is 0 Å². The van der Waals surface area contributed by atoms with Gasteiger partial charge in [-0.05, 0) is 24.1 Å². The highest BCUT2D eigenvalue weighted by Crippen LogP contribution is 2.09. The summed E-state index contributed by atoms with van der Waals surface area (Å²) in [5.74, 6) is 0. The zero-order valence-corrected chi connectivity index (χ0v) is 8.99. The highest BCUT2D eigenvalue weighted by molar-refractivity contribution is 5.44. The summed E-state index contributed by atoms with van der Waals surface area (Å²) in [5.41, 5.74) is 2.15. The van der Waals surface area contributed by atoms with Crippen molar-refractivity contribution in [3.05, 3.63) is 29.8 Å². The molecule has 0 aliphatic rings. The topological polar surface area (TPSA) is 45.0 Å². The van der Waals surface area contributed by atoms with Crippen LogP contribution >= 0.6 is 0 Å². The Balaban J connectivity index is 2.33. The number of hydrogen-bond acceptors (Lipinski definition) is 3. The predicted octanol–water partition coefficient (Wildman–Crippen LogP) is 2.20. The third-order valence-electron chi connectivity index (χ3n) is 2.09.